The Balaban J connectivity index is 2.41. The lowest BCUT2D eigenvalue weighted by Gasteiger charge is -2.44. The largest absolute Gasteiger partial charge is 0.413 e. The Kier molecular flexibility index (Phi) is 7.53. The molecule has 1 aliphatic rings. The molecule has 0 aromatic carbocycles. The maximum atomic E-state index is 12.3. The molecule has 0 saturated carbocycles. The predicted octanol–water partition coefficient (Wildman–Crippen LogP) is 1.02. The Morgan fingerprint density at radius 1 is 1.17 bits per heavy atom. The zero-order valence-electron chi connectivity index (χ0n) is 18.9. The Hall–Kier alpha value is -1.30. The van der Waals surface area contributed by atoms with Gasteiger partial charge >= 0.3 is 5.69 Å². The highest BCUT2D eigenvalue weighted by Crippen LogP contribution is 2.44. The van der Waals surface area contributed by atoms with Gasteiger partial charge in [-0.3, -0.25) is 14.3 Å². The van der Waals surface area contributed by atoms with E-state index in [4.69, 9.17) is 9.16 Å². The van der Waals surface area contributed by atoms with E-state index in [0.29, 0.717) is 0 Å². The van der Waals surface area contributed by atoms with Crippen LogP contribution in [0.5, 0.6) is 0 Å². The number of aryl methyl sites for hydroxylation is 1. The maximum Gasteiger partial charge on any atom is 0.330 e. The number of aromatic nitrogens is 2. The average Bonchev–Trinajstić information content (AvgIpc) is 2.90. The van der Waals surface area contributed by atoms with Gasteiger partial charge in [-0.25, -0.2) is 4.79 Å². The van der Waals surface area contributed by atoms with Gasteiger partial charge in [-0.05, 0) is 23.5 Å². The number of H-pyrrole nitrogens is 1. The minimum absolute atomic E-state index is 0.115. The molecule has 1 saturated heterocycles. The average molecular weight is 445 g/mol. The minimum atomic E-state index is -2.34. The third kappa shape index (κ3) is 4.08. The molecular weight excluding hydrogens is 408 g/mol. The molecule has 0 spiro atoms. The molecule has 172 valence electrons. The summed E-state index contributed by atoms with van der Waals surface area (Å²) in [6.45, 7) is 13.5. The fraction of sp³-hybridized carbons (Fsp3) is 0.800. The van der Waals surface area contributed by atoms with Gasteiger partial charge in [0.1, 0.15) is 17.8 Å². The number of aliphatic hydroxyl groups excluding tert-OH is 3. The molecular formula is C20H36N2O7Si. The van der Waals surface area contributed by atoms with E-state index in [1.54, 1.807) is 0 Å². The normalized spacial score (nSPS) is 27.6. The van der Waals surface area contributed by atoms with Crippen LogP contribution in [-0.2, 0) is 9.16 Å². The van der Waals surface area contributed by atoms with Crippen molar-refractivity contribution < 1.29 is 24.5 Å². The van der Waals surface area contributed by atoms with Gasteiger partial charge in [0.15, 0.2) is 14.5 Å². The molecule has 1 aromatic rings. The van der Waals surface area contributed by atoms with Gasteiger partial charge in [0.25, 0.3) is 5.56 Å². The van der Waals surface area contributed by atoms with Crippen molar-refractivity contribution >= 4 is 8.32 Å². The first-order chi connectivity index (χ1) is 13.8. The van der Waals surface area contributed by atoms with E-state index in [0.717, 1.165) is 4.57 Å². The molecule has 1 aromatic heterocycles. The molecule has 2 heterocycles. The van der Waals surface area contributed by atoms with E-state index in [1.807, 2.05) is 0 Å². The van der Waals surface area contributed by atoms with Crippen LogP contribution in [0.2, 0.25) is 16.6 Å². The Morgan fingerprint density at radius 3 is 2.17 bits per heavy atom. The van der Waals surface area contributed by atoms with Crippen LogP contribution in [0.15, 0.2) is 15.8 Å². The van der Waals surface area contributed by atoms with Gasteiger partial charge < -0.3 is 24.5 Å². The molecule has 0 amide bonds. The summed E-state index contributed by atoms with van der Waals surface area (Å²) >= 11 is 0. The van der Waals surface area contributed by atoms with Crippen molar-refractivity contribution in [1.82, 2.24) is 9.55 Å². The molecule has 0 aliphatic carbocycles. The smallest absolute Gasteiger partial charge is 0.330 e. The van der Waals surface area contributed by atoms with Crippen LogP contribution in [0, 0.1) is 6.92 Å². The van der Waals surface area contributed by atoms with Crippen molar-refractivity contribution in [3.8, 4) is 0 Å². The quantitative estimate of drug-likeness (QED) is 0.440. The summed E-state index contributed by atoms with van der Waals surface area (Å²) in [6.07, 6.45) is -2.97. The third-order valence-electron chi connectivity index (χ3n) is 6.47. The number of nitrogens with one attached hydrogen (secondary N) is 1. The van der Waals surface area contributed by atoms with E-state index in [1.165, 1.54) is 13.1 Å². The first-order valence-corrected chi connectivity index (χ1v) is 12.6. The number of rotatable bonds is 8. The molecule has 1 aliphatic heterocycles. The highest BCUT2D eigenvalue weighted by molar-refractivity contribution is 6.77. The van der Waals surface area contributed by atoms with Crippen molar-refractivity contribution in [2.24, 2.45) is 0 Å². The van der Waals surface area contributed by atoms with Gasteiger partial charge in [0.05, 0.1) is 13.2 Å². The number of aromatic amines is 1. The van der Waals surface area contributed by atoms with Gasteiger partial charge in [0, 0.05) is 11.8 Å². The van der Waals surface area contributed by atoms with Crippen molar-refractivity contribution in [1.29, 1.82) is 0 Å². The van der Waals surface area contributed by atoms with Crippen LogP contribution >= 0.6 is 0 Å². The lowest BCUT2D eigenvalue weighted by Crippen LogP contribution is -2.56. The van der Waals surface area contributed by atoms with Gasteiger partial charge in [-0.1, -0.05) is 41.5 Å². The van der Waals surface area contributed by atoms with Gasteiger partial charge in [0.2, 0.25) is 0 Å². The minimum Gasteiger partial charge on any atom is -0.413 e. The number of ether oxygens (including phenoxy) is 1. The molecule has 0 radical (unpaired) electrons. The van der Waals surface area contributed by atoms with Gasteiger partial charge in [-0.2, -0.15) is 0 Å². The number of hydrogen-bond acceptors (Lipinski definition) is 7. The number of nitrogens with zero attached hydrogens (tertiary/aromatic N) is 1. The van der Waals surface area contributed by atoms with Crippen molar-refractivity contribution in [2.45, 2.75) is 89.1 Å². The zero-order valence-corrected chi connectivity index (χ0v) is 19.9. The molecule has 0 unspecified atom stereocenters. The van der Waals surface area contributed by atoms with E-state index < -0.39 is 50.2 Å². The molecule has 30 heavy (non-hydrogen) atoms. The summed E-state index contributed by atoms with van der Waals surface area (Å²) in [5, 5.41) is 31.6. The SMILES string of the molecule is Cc1cn([C@@H]2O[C@@](CO)(CO[Si](C(C)C)(C(C)C)C(C)C)[C@@H](O)[C@H]2O)c(=O)[nH]c1=O. The number of hydrogen-bond donors (Lipinski definition) is 4. The summed E-state index contributed by atoms with van der Waals surface area (Å²) in [7, 11) is -2.34. The summed E-state index contributed by atoms with van der Waals surface area (Å²) < 4.78 is 13.4. The standard InChI is InChI=1S/C20H36N2O7Si/c1-11(2)30(12(3)4,13(5)6)28-10-20(9-23)16(25)15(24)18(29-20)22-8-14(7)17(26)21-19(22)27/h8,11-13,15-16,18,23-25H,9-10H2,1-7H3,(H,21,26,27)/t15-,16+,18-,20+/m1/s1. The highest BCUT2D eigenvalue weighted by Gasteiger charge is 2.57. The molecule has 4 atom stereocenters. The van der Waals surface area contributed by atoms with Crippen molar-refractivity contribution in [3.63, 3.8) is 0 Å². The summed E-state index contributed by atoms with van der Waals surface area (Å²) in [5.74, 6) is 0. The van der Waals surface area contributed by atoms with Crippen LogP contribution < -0.4 is 11.2 Å². The van der Waals surface area contributed by atoms with Gasteiger partial charge in [-0.15, -0.1) is 0 Å². The van der Waals surface area contributed by atoms with Crippen LogP contribution in [0.3, 0.4) is 0 Å². The zero-order chi connectivity index (χ0) is 23.0. The lowest BCUT2D eigenvalue weighted by atomic mass is 9.97. The van der Waals surface area contributed by atoms with Crippen LogP contribution in [0.4, 0.5) is 0 Å². The third-order valence-corrected chi connectivity index (χ3v) is 12.5. The summed E-state index contributed by atoms with van der Waals surface area (Å²) in [4.78, 5) is 26.1. The first kappa shape index (κ1) is 25.0. The maximum absolute atomic E-state index is 12.3. The molecule has 4 N–H and O–H groups in total. The van der Waals surface area contributed by atoms with E-state index in [2.05, 4.69) is 46.5 Å². The molecule has 1 fully saturated rings. The van der Waals surface area contributed by atoms with E-state index in [9.17, 15) is 24.9 Å². The predicted molar refractivity (Wildman–Crippen MR) is 115 cm³/mol. The Bertz CT molecular complexity index is 829. The van der Waals surface area contributed by atoms with E-state index >= 15 is 0 Å². The fourth-order valence-corrected chi connectivity index (χ4v) is 10.4. The van der Waals surface area contributed by atoms with Crippen molar-refractivity contribution in [3.05, 3.63) is 32.6 Å². The molecule has 2 rings (SSSR count). The van der Waals surface area contributed by atoms with Crippen LogP contribution in [0.1, 0.15) is 53.3 Å². The second kappa shape index (κ2) is 9.05. The Morgan fingerprint density at radius 2 is 1.70 bits per heavy atom. The number of aliphatic hydroxyl groups is 3. The fourth-order valence-electron chi connectivity index (χ4n) is 4.89. The van der Waals surface area contributed by atoms with Crippen molar-refractivity contribution in [2.75, 3.05) is 13.2 Å². The molecule has 0 bridgehead atoms. The van der Waals surface area contributed by atoms with Crippen LogP contribution in [0.25, 0.3) is 0 Å². The molecule has 9 nitrogen and oxygen atoms in total. The Labute approximate surface area is 177 Å². The first-order valence-electron chi connectivity index (χ1n) is 10.4. The highest BCUT2D eigenvalue weighted by atomic mass is 28.4. The summed E-state index contributed by atoms with van der Waals surface area (Å²) in [6, 6.07) is 0. The summed E-state index contributed by atoms with van der Waals surface area (Å²) in [5.41, 5.74) is -1.83. The lowest BCUT2D eigenvalue weighted by molar-refractivity contribution is -0.148. The second-order valence-electron chi connectivity index (χ2n) is 9.25. The molecule has 10 heteroatoms. The topological polar surface area (TPSA) is 134 Å². The van der Waals surface area contributed by atoms with E-state index in [-0.39, 0.29) is 28.8 Å². The van der Waals surface area contributed by atoms with Crippen LogP contribution in [-0.4, -0.2) is 64.2 Å². The monoisotopic (exact) mass is 444 g/mol. The second-order valence-corrected chi connectivity index (χ2v) is 14.7.